The van der Waals surface area contributed by atoms with Gasteiger partial charge in [0.15, 0.2) is 29.0 Å². The lowest BCUT2D eigenvalue weighted by molar-refractivity contribution is -0.134. The number of carboxylic acids is 1. The van der Waals surface area contributed by atoms with E-state index in [1.165, 1.54) is 48.4 Å². The first-order valence-electron chi connectivity index (χ1n) is 32.5. The molecule has 18 heteroatoms. The molecular formula is C80H89N9O7S2. The van der Waals surface area contributed by atoms with Crippen LogP contribution >= 0.6 is 22.7 Å². The second-order valence-electron chi connectivity index (χ2n) is 23.6. The first kappa shape index (κ1) is 79.7. The highest BCUT2D eigenvalue weighted by Gasteiger charge is 2.39. The van der Waals surface area contributed by atoms with E-state index < -0.39 is 17.2 Å². The third kappa shape index (κ3) is 24.2. The van der Waals surface area contributed by atoms with Crippen LogP contribution in [-0.2, 0) is 27.5 Å². The fourth-order valence-corrected chi connectivity index (χ4v) is 11.4. The van der Waals surface area contributed by atoms with E-state index in [2.05, 4.69) is 127 Å². The number of carboxylic acid groups (broad SMARTS) is 1. The van der Waals surface area contributed by atoms with Crippen molar-refractivity contribution in [2.45, 2.75) is 145 Å². The molecule has 8 rings (SSSR count). The molecule has 16 nitrogen and oxygen atoms in total. The summed E-state index contributed by atoms with van der Waals surface area (Å²) >= 11 is 3.11. The lowest BCUT2D eigenvalue weighted by Gasteiger charge is -2.25. The number of anilines is 2. The zero-order chi connectivity index (χ0) is 70.8. The smallest absolute Gasteiger partial charge is 0.300 e. The summed E-state index contributed by atoms with van der Waals surface area (Å²) in [6.07, 6.45) is 22.4. The monoisotopic (exact) mass is 1350 g/mol. The number of carbonyl (C=O) groups excluding carboxylic acids is 1. The molecule has 0 saturated heterocycles. The Labute approximate surface area is 587 Å². The molecule has 98 heavy (non-hydrogen) atoms. The Balaban J connectivity index is 0.000000337. The molecule has 0 saturated carbocycles. The molecule has 0 radical (unpaired) electrons. The third-order valence-corrected chi connectivity index (χ3v) is 17.5. The molecule has 4 heterocycles. The second-order valence-corrected chi connectivity index (χ2v) is 25.9. The summed E-state index contributed by atoms with van der Waals surface area (Å²) in [6, 6.07) is 50.5. The maximum atomic E-state index is 11.0. The normalized spacial score (nSPS) is 13.0. The maximum Gasteiger partial charge on any atom is 0.300 e. The largest absolute Gasteiger partial charge is 0.493 e. The van der Waals surface area contributed by atoms with Crippen LogP contribution in [0.15, 0.2) is 172 Å². The van der Waals surface area contributed by atoms with Gasteiger partial charge in [-0.15, -0.1) is 22.7 Å². The van der Waals surface area contributed by atoms with Gasteiger partial charge in [0.2, 0.25) is 5.70 Å². The van der Waals surface area contributed by atoms with E-state index in [-0.39, 0.29) is 40.1 Å². The van der Waals surface area contributed by atoms with Crippen LogP contribution in [0.3, 0.4) is 0 Å². The van der Waals surface area contributed by atoms with Crippen LogP contribution in [0.25, 0.3) is 35.2 Å². The minimum absolute atomic E-state index is 0. The lowest BCUT2D eigenvalue weighted by Crippen LogP contribution is -2.25. The Kier molecular flexibility index (Phi) is 33.6. The summed E-state index contributed by atoms with van der Waals surface area (Å²) < 4.78 is 24.1. The standard InChI is InChI=1S/C39H40N4O2S.C28H33NO2S.C11H9N3O.C2H4O2.H3N/c1-6-8-23-43(24-9-7-2)32-17-15-30(36(25-32)44-28-29-13-11-10-12-14-29)16-18-33-19-20-34(46-33)21-22-35-37(42-5)38(31(26-40)27-41)45-39(35,3)4;1-3-5-18-29(19-6-4-2)25-14-12-24(13-15-26-16-17-27(21-30)32-26)28(20-25)31-22-23-10-8-7-9-11-23;1-7-9(6-14)10(8(4-12)5-13)15-11(7,2)3;1-2(3)4;/h10-22,25H,6-9,23-24,28H2,1-4H3;7-17,20-21H,3-6,18-19,22H2,1-2H3;1-3H3;1H3,(H,3,4);1H3/b18-16+,22-21+;15-13+;;;. The van der Waals surface area contributed by atoms with Crippen molar-refractivity contribution in [1.82, 2.24) is 6.15 Å². The van der Waals surface area contributed by atoms with Gasteiger partial charge in [-0.25, -0.2) is 4.85 Å². The Bertz CT molecular complexity index is 4080. The Morgan fingerprint density at radius 1 is 0.571 bits per heavy atom. The number of hydrogen-bond acceptors (Lipinski definition) is 16. The minimum Gasteiger partial charge on any atom is -0.493 e. The summed E-state index contributed by atoms with van der Waals surface area (Å²) in [6.45, 7) is 31.9. The molecule has 6 aromatic rings. The molecule has 0 fully saturated rings. The number of nitrogens with zero attached hydrogens (tertiary/aromatic N) is 8. The number of aliphatic carboxylic acids is 1. The number of ether oxygens (including phenoxy) is 4. The zero-order valence-electron chi connectivity index (χ0n) is 58.0. The number of rotatable bonds is 27. The highest BCUT2D eigenvalue weighted by atomic mass is 32.1. The molecule has 2 aliphatic heterocycles. The predicted octanol–water partition coefficient (Wildman–Crippen LogP) is 20.1. The zero-order valence-corrected chi connectivity index (χ0v) is 59.6. The number of nitriles is 5. The fourth-order valence-electron chi connectivity index (χ4n) is 9.89. The quantitative estimate of drug-likeness (QED) is 0.0276. The number of carbonyl (C=O) groups is 2. The molecule has 0 spiro atoms. The topological polar surface area (TPSA) is 256 Å². The Hall–Kier alpha value is -10.7. The molecule has 0 aliphatic carbocycles. The number of aldehydes is 1. The van der Waals surface area contributed by atoms with Crippen LogP contribution in [0.4, 0.5) is 11.4 Å². The molecular weight excluding hydrogens is 1260 g/mol. The van der Waals surface area contributed by atoms with E-state index in [1.54, 1.807) is 44.2 Å². The summed E-state index contributed by atoms with van der Waals surface area (Å²) in [5.41, 5.74) is 6.78. The van der Waals surface area contributed by atoms with Crippen molar-refractivity contribution in [2.75, 3.05) is 36.0 Å². The molecule has 4 aromatic carbocycles. The SMILES string of the molecule is CC(=O)O.CC1=C(C#N)C(=C(C#N)C#N)OC1(C)C.CCCCN(CCCC)c1ccc(/C=C/c2ccc(C=O)s2)c(OCc2ccccc2)c1.N.[C-]#[N+]C1=C(/C=C/c2ccc(/C=C/c3ccc(N(CCCC)CCCC)cc3OCc3ccccc3)s2)C(C)(C)OC1=C(C#N)C#N. The number of hydrogen-bond donors (Lipinski definition) is 2. The van der Waals surface area contributed by atoms with E-state index in [0.717, 1.165) is 124 Å². The summed E-state index contributed by atoms with van der Waals surface area (Å²) in [5, 5.41) is 52.4. The number of thiophene rings is 2. The van der Waals surface area contributed by atoms with Gasteiger partial charge in [0.1, 0.15) is 66.3 Å². The van der Waals surface area contributed by atoms with Crippen LogP contribution in [0.2, 0.25) is 0 Å². The van der Waals surface area contributed by atoms with Crippen LogP contribution in [0, 0.1) is 63.2 Å². The van der Waals surface area contributed by atoms with Crippen LogP contribution < -0.4 is 25.4 Å². The fraction of sp³-hybridized carbons (Fsp3) is 0.325. The van der Waals surface area contributed by atoms with Gasteiger partial charge in [0.05, 0.1) is 17.0 Å². The van der Waals surface area contributed by atoms with Gasteiger partial charge in [0, 0.05) is 87.9 Å². The van der Waals surface area contributed by atoms with E-state index >= 15 is 0 Å². The van der Waals surface area contributed by atoms with E-state index in [9.17, 15) is 15.3 Å². The molecule has 0 unspecified atom stereocenters. The summed E-state index contributed by atoms with van der Waals surface area (Å²) in [7, 11) is 0. The van der Waals surface area contributed by atoms with E-state index in [4.69, 9.17) is 51.2 Å². The summed E-state index contributed by atoms with van der Waals surface area (Å²) in [4.78, 5) is 32.4. The lowest BCUT2D eigenvalue weighted by atomic mass is 9.97. The predicted molar refractivity (Wildman–Crippen MR) is 397 cm³/mol. The average molecular weight is 1350 g/mol. The molecule has 508 valence electrons. The van der Waals surface area contributed by atoms with Gasteiger partial charge >= 0.3 is 0 Å². The van der Waals surface area contributed by atoms with Crippen LogP contribution in [-0.4, -0.2) is 54.7 Å². The maximum absolute atomic E-state index is 11.0. The van der Waals surface area contributed by atoms with E-state index in [0.29, 0.717) is 18.8 Å². The van der Waals surface area contributed by atoms with Crippen molar-refractivity contribution in [1.29, 1.82) is 26.3 Å². The molecule has 2 aromatic heterocycles. The van der Waals surface area contributed by atoms with Gasteiger partial charge in [0.25, 0.3) is 5.97 Å². The molecule has 4 N–H and O–H groups in total. The molecule has 0 atom stereocenters. The first-order valence-corrected chi connectivity index (χ1v) is 34.1. The minimum atomic E-state index is -0.838. The van der Waals surface area contributed by atoms with E-state index in [1.807, 2.05) is 105 Å². The van der Waals surface area contributed by atoms with Gasteiger partial charge < -0.3 is 40.0 Å². The summed E-state index contributed by atoms with van der Waals surface area (Å²) in [5.74, 6) is 1.06. The van der Waals surface area contributed by atoms with Crippen molar-refractivity contribution in [3.05, 3.63) is 226 Å². The highest BCUT2D eigenvalue weighted by molar-refractivity contribution is 7.14. The van der Waals surface area contributed by atoms with Crippen molar-refractivity contribution in [3.8, 4) is 41.8 Å². The molecule has 2 aliphatic rings. The van der Waals surface area contributed by atoms with Gasteiger partial charge in [-0.2, -0.15) is 26.3 Å². The average Bonchev–Trinajstić information content (AvgIpc) is 1.66. The van der Waals surface area contributed by atoms with Gasteiger partial charge in [-0.05, 0) is 156 Å². The van der Waals surface area contributed by atoms with Gasteiger partial charge in [-0.3, -0.25) is 9.59 Å². The van der Waals surface area contributed by atoms with Crippen LogP contribution in [0.1, 0.15) is 167 Å². The van der Waals surface area contributed by atoms with Gasteiger partial charge in [-0.1, -0.05) is 120 Å². The van der Waals surface area contributed by atoms with Crippen LogP contribution in [0.5, 0.6) is 11.5 Å². The molecule has 0 bridgehead atoms. The Morgan fingerprint density at radius 2 is 0.949 bits per heavy atom. The Morgan fingerprint density at radius 3 is 1.32 bits per heavy atom. The first-order chi connectivity index (χ1) is 46.8. The van der Waals surface area contributed by atoms with Crippen molar-refractivity contribution >= 4 is 76.7 Å². The number of allylic oxidation sites excluding steroid dienone is 3. The number of benzene rings is 4. The third-order valence-electron chi connectivity index (χ3n) is 15.5. The van der Waals surface area contributed by atoms with Crippen molar-refractivity contribution in [3.63, 3.8) is 0 Å². The number of unbranched alkanes of at least 4 members (excludes halogenated alkanes) is 4. The second kappa shape index (κ2) is 41.3. The van der Waals surface area contributed by atoms with Crippen molar-refractivity contribution < 1.29 is 33.6 Å². The van der Waals surface area contributed by atoms with Crippen molar-refractivity contribution in [2.24, 2.45) is 0 Å². The highest BCUT2D eigenvalue weighted by Crippen LogP contribution is 2.42. The molecule has 0 amide bonds.